The van der Waals surface area contributed by atoms with Crippen molar-refractivity contribution in [3.63, 3.8) is 0 Å². The molecule has 2 saturated heterocycles. The Morgan fingerprint density at radius 3 is 2.74 bits per heavy atom. The Labute approximate surface area is 119 Å². The topological polar surface area (TPSA) is 21.8 Å². The first-order chi connectivity index (χ1) is 9.33. The second-order valence-corrected chi connectivity index (χ2v) is 5.91. The molecule has 0 saturated carbocycles. The van der Waals surface area contributed by atoms with E-state index in [1.165, 1.54) is 65.2 Å². The first kappa shape index (κ1) is 15.2. The lowest BCUT2D eigenvalue weighted by molar-refractivity contribution is 0.105. The van der Waals surface area contributed by atoms with Gasteiger partial charge in [0.25, 0.3) is 0 Å². The Kier molecular flexibility index (Phi) is 6.57. The molecule has 4 nitrogen and oxygen atoms in total. The molecule has 0 spiro atoms. The van der Waals surface area contributed by atoms with Crippen LogP contribution in [0.25, 0.3) is 0 Å². The molecule has 0 radical (unpaired) electrons. The van der Waals surface area contributed by atoms with Crippen molar-refractivity contribution in [2.75, 3.05) is 65.4 Å². The van der Waals surface area contributed by atoms with Gasteiger partial charge in [0, 0.05) is 51.9 Å². The summed E-state index contributed by atoms with van der Waals surface area (Å²) in [5, 5.41) is 3.59. The lowest BCUT2D eigenvalue weighted by Gasteiger charge is -2.37. The van der Waals surface area contributed by atoms with E-state index in [2.05, 4.69) is 33.9 Å². The molecule has 2 heterocycles. The van der Waals surface area contributed by atoms with Crippen molar-refractivity contribution in [2.45, 2.75) is 32.7 Å². The zero-order valence-electron chi connectivity index (χ0n) is 12.9. The zero-order valence-corrected chi connectivity index (χ0v) is 12.9. The highest BCUT2D eigenvalue weighted by atomic mass is 15.3. The summed E-state index contributed by atoms with van der Waals surface area (Å²) in [5.74, 6) is 0. The van der Waals surface area contributed by atoms with E-state index < -0.39 is 0 Å². The van der Waals surface area contributed by atoms with Crippen LogP contribution in [-0.2, 0) is 0 Å². The summed E-state index contributed by atoms with van der Waals surface area (Å²) in [6.07, 6.45) is 2.84. The lowest BCUT2D eigenvalue weighted by Crippen LogP contribution is -2.51. The minimum Gasteiger partial charge on any atom is -0.314 e. The second-order valence-electron chi connectivity index (χ2n) is 5.91. The first-order valence-corrected chi connectivity index (χ1v) is 8.23. The molecule has 2 fully saturated rings. The van der Waals surface area contributed by atoms with Gasteiger partial charge in [0.05, 0.1) is 0 Å². The number of fused-ring (bicyclic) bond motifs is 1. The van der Waals surface area contributed by atoms with Crippen LogP contribution in [0.2, 0.25) is 0 Å². The summed E-state index contributed by atoms with van der Waals surface area (Å²) >= 11 is 0. The number of rotatable bonds is 8. The molecule has 0 aromatic rings. The van der Waals surface area contributed by atoms with Crippen LogP contribution in [0.3, 0.4) is 0 Å². The lowest BCUT2D eigenvalue weighted by atomic mass is 10.1. The fraction of sp³-hybridized carbons (Fsp3) is 1.00. The largest absolute Gasteiger partial charge is 0.314 e. The van der Waals surface area contributed by atoms with Crippen LogP contribution in [0.5, 0.6) is 0 Å². The Morgan fingerprint density at radius 1 is 1.11 bits per heavy atom. The standard InChI is InChI=1S/C15H32N4/c1-3-17(4-2)10-7-16-8-11-18-12-13-19-9-5-6-15(19)14-18/h15-16H,3-14H2,1-2H3. The van der Waals surface area contributed by atoms with Gasteiger partial charge in [0.2, 0.25) is 0 Å². The highest BCUT2D eigenvalue weighted by Crippen LogP contribution is 2.20. The third kappa shape index (κ3) is 4.71. The van der Waals surface area contributed by atoms with Gasteiger partial charge in [0.15, 0.2) is 0 Å². The van der Waals surface area contributed by atoms with Crippen LogP contribution in [0.1, 0.15) is 26.7 Å². The Balaban J connectivity index is 1.51. The van der Waals surface area contributed by atoms with Crippen molar-refractivity contribution in [3.05, 3.63) is 0 Å². The zero-order chi connectivity index (χ0) is 13.5. The van der Waals surface area contributed by atoms with E-state index in [9.17, 15) is 0 Å². The van der Waals surface area contributed by atoms with Gasteiger partial charge in [-0.2, -0.15) is 0 Å². The monoisotopic (exact) mass is 268 g/mol. The summed E-state index contributed by atoms with van der Waals surface area (Å²) in [4.78, 5) is 7.81. The highest BCUT2D eigenvalue weighted by molar-refractivity contribution is 4.86. The molecular formula is C15H32N4. The summed E-state index contributed by atoms with van der Waals surface area (Å²) in [6.45, 7) is 16.7. The van der Waals surface area contributed by atoms with Gasteiger partial charge in [-0.15, -0.1) is 0 Å². The van der Waals surface area contributed by atoms with Gasteiger partial charge < -0.3 is 10.2 Å². The molecule has 1 unspecified atom stereocenters. The minimum atomic E-state index is 0.865. The number of nitrogens with one attached hydrogen (secondary N) is 1. The molecule has 112 valence electrons. The second kappa shape index (κ2) is 8.20. The SMILES string of the molecule is CCN(CC)CCNCCN1CCN2CCCC2C1. The third-order valence-corrected chi connectivity index (χ3v) is 4.78. The summed E-state index contributed by atoms with van der Waals surface area (Å²) in [7, 11) is 0. The number of piperazine rings is 1. The molecule has 0 bridgehead atoms. The summed E-state index contributed by atoms with van der Waals surface area (Å²) in [5.41, 5.74) is 0. The molecule has 0 aromatic heterocycles. The fourth-order valence-electron chi connectivity index (χ4n) is 3.40. The third-order valence-electron chi connectivity index (χ3n) is 4.78. The van der Waals surface area contributed by atoms with Crippen molar-refractivity contribution in [2.24, 2.45) is 0 Å². The fourth-order valence-corrected chi connectivity index (χ4v) is 3.40. The molecule has 2 rings (SSSR count). The van der Waals surface area contributed by atoms with E-state index in [0.29, 0.717) is 0 Å². The quantitative estimate of drug-likeness (QED) is 0.654. The van der Waals surface area contributed by atoms with Gasteiger partial charge in [-0.1, -0.05) is 13.8 Å². The Morgan fingerprint density at radius 2 is 1.95 bits per heavy atom. The maximum Gasteiger partial charge on any atom is 0.0224 e. The van der Waals surface area contributed by atoms with E-state index in [4.69, 9.17) is 0 Å². The van der Waals surface area contributed by atoms with Gasteiger partial charge in [0.1, 0.15) is 0 Å². The van der Waals surface area contributed by atoms with Crippen LogP contribution in [0.15, 0.2) is 0 Å². The Bertz CT molecular complexity index is 242. The first-order valence-electron chi connectivity index (χ1n) is 8.23. The van der Waals surface area contributed by atoms with Crippen molar-refractivity contribution in [3.8, 4) is 0 Å². The average molecular weight is 268 g/mol. The van der Waals surface area contributed by atoms with Crippen molar-refractivity contribution >= 4 is 0 Å². The van der Waals surface area contributed by atoms with Gasteiger partial charge >= 0.3 is 0 Å². The minimum absolute atomic E-state index is 0.865. The van der Waals surface area contributed by atoms with Crippen molar-refractivity contribution in [1.29, 1.82) is 0 Å². The van der Waals surface area contributed by atoms with E-state index in [0.717, 1.165) is 19.1 Å². The maximum absolute atomic E-state index is 3.59. The van der Waals surface area contributed by atoms with Crippen LogP contribution in [0.4, 0.5) is 0 Å². The van der Waals surface area contributed by atoms with Crippen molar-refractivity contribution < 1.29 is 0 Å². The molecule has 4 heteroatoms. The molecule has 0 amide bonds. The number of hydrogen-bond donors (Lipinski definition) is 1. The van der Waals surface area contributed by atoms with E-state index in [1.807, 2.05) is 0 Å². The van der Waals surface area contributed by atoms with Gasteiger partial charge in [-0.3, -0.25) is 9.80 Å². The predicted octanol–water partition coefficient (Wildman–Crippen LogP) is 0.698. The van der Waals surface area contributed by atoms with Crippen LogP contribution >= 0.6 is 0 Å². The summed E-state index contributed by atoms with van der Waals surface area (Å²) in [6, 6.07) is 0.865. The van der Waals surface area contributed by atoms with E-state index >= 15 is 0 Å². The number of likely N-dealkylation sites (N-methyl/N-ethyl adjacent to an activating group) is 1. The van der Waals surface area contributed by atoms with Crippen LogP contribution in [0, 0.1) is 0 Å². The Hall–Kier alpha value is -0.160. The molecular weight excluding hydrogens is 236 g/mol. The number of nitrogens with zero attached hydrogens (tertiary/aromatic N) is 3. The molecule has 2 aliphatic rings. The van der Waals surface area contributed by atoms with Gasteiger partial charge in [-0.05, 0) is 32.5 Å². The molecule has 0 aliphatic carbocycles. The molecule has 0 aromatic carbocycles. The molecule has 1 N–H and O–H groups in total. The van der Waals surface area contributed by atoms with E-state index in [1.54, 1.807) is 0 Å². The highest BCUT2D eigenvalue weighted by Gasteiger charge is 2.29. The molecule has 2 aliphatic heterocycles. The predicted molar refractivity (Wildman–Crippen MR) is 81.7 cm³/mol. The van der Waals surface area contributed by atoms with E-state index in [-0.39, 0.29) is 0 Å². The smallest absolute Gasteiger partial charge is 0.0224 e. The van der Waals surface area contributed by atoms with Crippen molar-refractivity contribution in [1.82, 2.24) is 20.0 Å². The maximum atomic E-state index is 3.59. The molecule has 19 heavy (non-hydrogen) atoms. The molecule has 1 atom stereocenters. The van der Waals surface area contributed by atoms with Gasteiger partial charge in [-0.25, -0.2) is 0 Å². The van der Waals surface area contributed by atoms with Crippen LogP contribution in [-0.4, -0.2) is 86.2 Å². The van der Waals surface area contributed by atoms with Crippen LogP contribution < -0.4 is 5.32 Å². The summed E-state index contributed by atoms with van der Waals surface area (Å²) < 4.78 is 0. The number of hydrogen-bond acceptors (Lipinski definition) is 4. The normalized spacial score (nSPS) is 25.1. The average Bonchev–Trinajstić information content (AvgIpc) is 2.90.